The molecule has 0 aromatic carbocycles. The zero-order valence-corrected chi connectivity index (χ0v) is 14.1. The highest BCUT2D eigenvalue weighted by atomic mass is 32.1. The molecule has 4 rings (SSSR count). The third kappa shape index (κ3) is 3.11. The van der Waals surface area contributed by atoms with Crippen LogP contribution in [0.5, 0.6) is 0 Å². The van der Waals surface area contributed by atoms with Crippen LogP contribution in [0.15, 0.2) is 0 Å². The van der Waals surface area contributed by atoms with Crippen molar-refractivity contribution in [2.75, 3.05) is 18.0 Å². The van der Waals surface area contributed by atoms with Crippen LogP contribution < -0.4 is 10.2 Å². The average molecular weight is 305 g/mol. The molecule has 2 heterocycles. The Hall–Kier alpha value is -0.610. The molecule has 0 bridgehead atoms. The van der Waals surface area contributed by atoms with Gasteiger partial charge in [-0.25, -0.2) is 4.98 Å². The predicted octanol–water partition coefficient (Wildman–Crippen LogP) is 3.75. The van der Waals surface area contributed by atoms with Crippen LogP contribution in [0.1, 0.15) is 62.4 Å². The molecule has 1 aromatic rings. The van der Waals surface area contributed by atoms with Crippen molar-refractivity contribution in [3.8, 4) is 0 Å². The van der Waals surface area contributed by atoms with Gasteiger partial charge in [0, 0.05) is 36.5 Å². The Labute approximate surface area is 132 Å². The molecular formula is C17H27N3S. The molecule has 2 aliphatic carbocycles. The lowest BCUT2D eigenvalue weighted by Crippen LogP contribution is -2.20. The maximum atomic E-state index is 5.05. The van der Waals surface area contributed by atoms with Crippen LogP contribution in [-0.4, -0.2) is 24.1 Å². The van der Waals surface area contributed by atoms with Gasteiger partial charge in [-0.05, 0) is 43.9 Å². The van der Waals surface area contributed by atoms with Crippen LogP contribution in [0.3, 0.4) is 0 Å². The second kappa shape index (κ2) is 5.54. The summed E-state index contributed by atoms with van der Waals surface area (Å²) in [5.41, 5.74) is 1.43. The van der Waals surface area contributed by atoms with Crippen LogP contribution >= 0.6 is 11.3 Å². The summed E-state index contributed by atoms with van der Waals surface area (Å²) in [5, 5.41) is 4.98. The summed E-state index contributed by atoms with van der Waals surface area (Å²) in [4.78, 5) is 9.12. The highest BCUT2D eigenvalue weighted by Crippen LogP contribution is 2.45. The molecule has 0 radical (unpaired) electrons. The van der Waals surface area contributed by atoms with E-state index in [1.165, 1.54) is 60.9 Å². The normalized spacial score (nSPS) is 26.0. The summed E-state index contributed by atoms with van der Waals surface area (Å²) >= 11 is 1.96. The van der Waals surface area contributed by atoms with Crippen molar-refractivity contribution in [2.45, 2.75) is 64.5 Å². The molecule has 3 fully saturated rings. The third-order valence-electron chi connectivity index (χ3n) is 5.25. The van der Waals surface area contributed by atoms with E-state index in [4.69, 9.17) is 4.98 Å². The topological polar surface area (TPSA) is 28.2 Å². The molecule has 1 saturated heterocycles. The van der Waals surface area contributed by atoms with Crippen molar-refractivity contribution >= 4 is 16.5 Å². The predicted molar refractivity (Wildman–Crippen MR) is 89.1 cm³/mol. The largest absolute Gasteiger partial charge is 0.348 e. The number of hydrogen-bond donors (Lipinski definition) is 1. The van der Waals surface area contributed by atoms with Gasteiger partial charge in [0.1, 0.15) is 0 Å². The molecule has 2 saturated carbocycles. The number of thiazole rings is 1. The third-order valence-corrected chi connectivity index (χ3v) is 6.38. The average Bonchev–Trinajstić information content (AvgIpc) is 3.38. The van der Waals surface area contributed by atoms with Gasteiger partial charge in [-0.1, -0.05) is 13.8 Å². The first-order valence-electron chi connectivity index (χ1n) is 8.68. The molecular weight excluding hydrogens is 278 g/mol. The van der Waals surface area contributed by atoms with Gasteiger partial charge in [0.25, 0.3) is 0 Å². The minimum atomic E-state index is 0.773. The van der Waals surface area contributed by atoms with E-state index in [2.05, 4.69) is 24.1 Å². The second-order valence-corrected chi connectivity index (χ2v) is 8.54. The SMILES string of the molecule is CC(C)C1CCN(c2nc(C3CC3)c(CNC3CC3)s2)C1. The van der Waals surface area contributed by atoms with Gasteiger partial charge in [0.05, 0.1) is 5.69 Å². The summed E-state index contributed by atoms with van der Waals surface area (Å²) < 4.78 is 0. The van der Waals surface area contributed by atoms with Crippen LogP contribution in [0.2, 0.25) is 0 Å². The molecule has 1 atom stereocenters. The number of nitrogens with zero attached hydrogens (tertiary/aromatic N) is 2. The van der Waals surface area contributed by atoms with E-state index >= 15 is 0 Å². The van der Waals surface area contributed by atoms with Crippen LogP contribution in [0.4, 0.5) is 5.13 Å². The van der Waals surface area contributed by atoms with Crippen molar-refractivity contribution in [3.05, 3.63) is 10.6 Å². The quantitative estimate of drug-likeness (QED) is 0.867. The Kier molecular flexibility index (Phi) is 3.70. The zero-order chi connectivity index (χ0) is 14.4. The Morgan fingerprint density at radius 3 is 2.67 bits per heavy atom. The fraction of sp³-hybridized carbons (Fsp3) is 0.824. The first kappa shape index (κ1) is 14.0. The molecule has 116 valence electrons. The van der Waals surface area contributed by atoms with Gasteiger partial charge in [0.2, 0.25) is 0 Å². The molecule has 0 amide bonds. The number of nitrogens with one attached hydrogen (secondary N) is 1. The molecule has 21 heavy (non-hydrogen) atoms. The zero-order valence-electron chi connectivity index (χ0n) is 13.3. The van der Waals surface area contributed by atoms with E-state index < -0.39 is 0 Å². The van der Waals surface area contributed by atoms with Crippen LogP contribution in [0, 0.1) is 11.8 Å². The number of rotatable bonds is 6. The van der Waals surface area contributed by atoms with Crippen molar-refractivity contribution in [2.24, 2.45) is 11.8 Å². The Bertz CT molecular complexity index is 502. The number of anilines is 1. The Balaban J connectivity index is 1.48. The maximum Gasteiger partial charge on any atom is 0.185 e. The second-order valence-electron chi connectivity index (χ2n) is 7.47. The van der Waals surface area contributed by atoms with Crippen molar-refractivity contribution in [1.82, 2.24) is 10.3 Å². The molecule has 0 spiro atoms. The highest BCUT2D eigenvalue weighted by molar-refractivity contribution is 7.15. The maximum absolute atomic E-state index is 5.05. The standard InChI is InChI=1S/C17H27N3S/c1-11(2)13-7-8-20(10-13)17-19-16(12-3-4-12)15(21-17)9-18-14-5-6-14/h11-14,18H,3-10H2,1-2H3. The molecule has 3 aliphatic rings. The fourth-order valence-electron chi connectivity index (χ4n) is 3.32. The monoisotopic (exact) mass is 305 g/mol. The summed E-state index contributed by atoms with van der Waals surface area (Å²) in [6.45, 7) is 8.18. The van der Waals surface area contributed by atoms with Crippen molar-refractivity contribution in [3.63, 3.8) is 0 Å². The summed E-state index contributed by atoms with van der Waals surface area (Å²) in [5.74, 6) is 2.43. The van der Waals surface area contributed by atoms with Gasteiger partial charge >= 0.3 is 0 Å². The van der Waals surface area contributed by atoms with Crippen molar-refractivity contribution < 1.29 is 0 Å². The van der Waals surface area contributed by atoms with E-state index in [1.54, 1.807) is 0 Å². The van der Waals surface area contributed by atoms with Gasteiger partial charge in [-0.2, -0.15) is 0 Å². The minimum Gasteiger partial charge on any atom is -0.348 e. The summed E-state index contributed by atoms with van der Waals surface area (Å²) in [6.07, 6.45) is 6.79. The molecule has 4 heteroatoms. The molecule has 3 nitrogen and oxygen atoms in total. The van der Waals surface area contributed by atoms with Crippen LogP contribution in [-0.2, 0) is 6.54 Å². The van der Waals surface area contributed by atoms with Gasteiger partial charge in [0.15, 0.2) is 5.13 Å². The molecule has 1 aromatic heterocycles. The molecule has 1 aliphatic heterocycles. The van der Waals surface area contributed by atoms with Crippen molar-refractivity contribution in [1.29, 1.82) is 0 Å². The summed E-state index contributed by atoms with van der Waals surface area (Å²) in [7, 11) is 0. The molecule has 1 N–H and O–H groups in total. The van der Waals surface area contributed by atoms with E-state index in [0.717, 1.165) is 30.3 Å². The van der Waals surface area contributed by atoms with Gasteiger partial charge in [-0.15, -0.1) is 11.3 Å². The van der Waals surface area contributed by atoms with Gasteiger partial charge in [-0.3, -0.25) is 0 Å². The lowest BCUT2D eigenvalue weighted by atomic mass is 9.95. The lowest BCUT2D eigenvalue weighted by molar-refractivity contribution is 0.422. The number of hydrogen-bond acceptors (Lipinski definition) is 4. The summed E-state index contributed by atoms with van der Waals surface area (Å²) in [6, 6.07) is 0.791. The van der Waals surface area contributed by atoms with E-state index in [0.29, 0.717) is 0 Å². The Morgan fingerprint density at radius 1 is 1.24 bits per heavy atom. The minimum absolute atomic E-state index is 0.773. The number of aromatic nitrogens is 1. The first-order valence-corrected chi connectivity index (χ1v) is 9.50. The van der Waals surface area contributed by atoms with E-state index in [1.807, 2.05) is 11.3 Å². The van der Waals surface area contributed by atoms with Crippen LogP contribution in [0.25, 0.3) is 0 Å². The highest BCUT2D eigenvalue weighted by Gasteiger charge is 2.33. The Morgan fingerprint density at radius 2 is 2.05 bits per heavy atom. The van der Waals surface area contributed by atoms with Gasteiger partial charge < -0.3 is 10.2 Å². The molecule has 1 unspecified atom stereocenters. The smallest absolute Gasteiger partial charge is 0.185 e. The van der Waals surface area contributed by atoms with E-state index in [-0.39, 0.29) is 0 Å². The van der Waals surface area contributed by atoms with E-state index in [9.17, 15) is 0 Å². The lowest BCUT2D eigenvalue weighted by Gasteiger charge is -2.16. The fourth-order valence-corrected chi connectivity index (χ4v) is 4.45. The first-order chi connectivity index (χ1) is 10.2.